The van der Waals surface area contributed by atoms with E-state index in [0.29, 0.717) is 13.1 Å². The van der Waals surface area contributed by atoms with Gasteiger partial charge in [-0.1, -0.05) is 31.4 Å². The van der Waals surface area contributed by atoms with E-state index in [1.54, 1.807) is 16.2 Å². The van der Waals surface area contributed by atoms with E-state index in [1.807, 2.05) is 24.3 Å². The number of nitrogens with zero attached hydrogens (tertiary/aromatic N) is 2. The van der Waals surface area contributed by atoms with E-state index >= 15 is 0 Å². The maximum absolute atomic E-state index is 12.3. The van der Waals surface area contributed by atoms with Crippen LogP contribution in [0, 0.1) is 5.92 Å². The number of rotatable bonds is 4. The molecule has 0 spiro atoms. The molecule has 0 saturated heterocycles. The number of aryl methyl sites for hydroxylation is 1. The van der Waals surface area contributed by atoms with Gasteiger partial charge in [0.1, 0.15) is 0 Å². The molecule has 0 atom stereocenters. The van der Waals surface area contributed by atoms with Crippen molar-refractivity contribution in [3.05, 3.63) is 34.7 Å². The van der Waals surface area contributed by atoms with Gasteiger partial charge in [0.05, 0.1) is 11.0 Å². The van der Waals surface area contributed by atoms with Crippen LogP contribution in [0.4, 0.5) is 0 Å². The van der Waals surface area contributed by atoms with Crippen molar-refractivity contribution in [2.24, 2.45) is 13.0 Å². The smallest absolute Gasteiger partial charge is 0.328 e. The van der Waals surface area contributed by atoms with Crippen molar-refractivity contribution in [3.8, 4) is 0 Å². The molecule has 1 aromatic carbocycles. The van der Waals surface area contributed by atoms with E-state index in [0.717, 1.165) is 36.7 Å². The van der Waals surface area contributed by atoms with E-state index in [2.05, 4.69) is 5.32 Å². The third-order valence-corrected chi connectivity index (χ3v) is 4.66. The van der Waals surface area contributed by atoms with Gasteiger partial charge in [0.15, 0.2) is 0 Å². The zero-order valence-electron chi connectivity index (χ0n) is 13.0. The second kappa shape index (κ2) is 6.38. The summed E-state index contributed by atoms with van der Waals surface area (Å²) >= 11 is 0. The van der Waals surface area contributed by atoms with Crippen molar-refractivity contribution in [2.75, 3.05) is 6.54 Å². The van der Waals surface area contributed by atoms with Crippen LogP contribution >= 0.6 is 0 Å². The topological polar surface area (TPSA) is 56.0 Å². The highest BCUT2D eigenvalue weighted by atomic mass is 16.2. The fraction of sp³-hybridized carbons (Fsp3) is 0.529. The molecule has 22 heavy (non-hydrogen) atoms. The number of para-hydroxylation sites is 2. The van der Waals surface area contributed by atoms with Gasteiger partial charge in [-0.3, -0.25) is 13.9 Å². The molecule has 5 nitrogen and oxygen atoms in total. The summed E-state index contributed by atoms with van der Waals surface area (Å²) < 4.78 is 3.38. The van der Waals surface area contributed by atoms with Crippen molar-refractivity contribution in [1.82, 2.24) is 14.5 Å². The molecule has 0 radical (unpaired) electrons. The number of carbonyl (C=O) groups excluding carboxylic acids is 1. The fourth-order valence-electron chi connectivity index (χ4n) is 3.38. The number of hydrogen-bond donors (Lipinski definition) is 1. The van der Waals surface area contributed by atoms with Crippen molar-refractivity contribution >= 4 is 16.9 Å². The summed E-state index contributed by atoms with van der Waals surface area (Å²) in [7, 11) is 1.78. The summed E-state index contributed by atoms with van der Waals surface area (Å²) in [6.07, 6.45) is 5.55. The summed E-state index contributed by atoms with van der Waals surface area (Å²) in [6, 6.07) is 7.74. The lowest BCUT2D eigenvalue weighted by atomic mass is 9.89. The van der Waals surface area contributed by atoms with Crippen LogP contribution in [0.3, 0.4) is 0 Å². The minimum Gasteiger partial charge on any atom is -0.354 e. The molecule has 1 aromatic heterocycles. The Bertz CT molecular complexity index is 723. The molecule has 1 saturated carbocycles. The Labute approximate surface area is 129 Å². The maximum Gasteiger partial charge on any atom is 0.328 e. The first-order valence-corrected chi connectivity index (χ1v) is 8.10. The average molecular weight is 301 g/mol. The van der Waals surface area contributed by atoms with Crippen LogP contribution in [0.5, 0.6) is 0 Å². The van der Waals surface area contributed by atoms with E-state index in [-0.39, 0.29) is 17.5 Å². The number of hydrogen-bond acceptors (Lipinski definition) is 2. The standard InChI is InChI=1S/C17H23N3O2/c1-19-14-9-5-6-10-15(14)20(17(19)22)12-11-18-16(21)13-7-3-2-4-8-13/h5-6,9-10,13H,2-4,7-8,11-12H2,1H3,(H,18,21). The van der Waals surface area contributed by atoms with Crippen molar-refractivity contribution < 1.29 is 4.79 Å². The lowest BCUT2D eigenvalue weighted by Gasteiger charge is -2.20. The molecular formula is C17H23N3O2. The van der Waals surface area contributed by atoms with Gasteiger partial charge in [0.25, 0.3) is 0 Å². The second-order valence-corrected chi connectivity index (χ2v) is 6.11. The van der Waals surface area contributed by atoms with Crippen LogP contribution in [0.1, 0.15) is 32.1 Å². The monoisotopic (exact) mass is 301 g/mol. The van der Waals surface area contributed by atoms with Gasteiger partial charge in [-0.15, -0.1) is 0 Å². The van der Waals surface area contributed by atoms with Gasteiger partial charge < -0.3 is 5.32 Å². The first-order chi connectivity index (χ1) is 10.7. The Hall–Kier alpha value is -2.04. The summed E-state index contributed by atoms with van der Waals surface area (Å²) in [5.74, 6) is 0.311. The Balaban J connectivity index is 1.66. The molecule has 0 unspecified atom stereocenters. The van der Waals surface area contributed by atoms with Gasteiger partial charge in [-0.25, -0.2) is 4.79 Å². The third kappa shape index (κ3) is 2.80. The first-order valence-electron chi connectivity index (χ1n) is 8.10. The van der Waals surface area contributed by atoms with Gasteiger partial charge in [0.2, 0.25) is 5.91 Å². The molecule has 2 aromatic rings. The Morgan fingerprint density at radius 1 is 1.18 bits per heavy atom. The molecule has 5 heteroatoms. The first kappa shape index (κ1) is 14.9. The van der Waals surface area contributed by atoms with Crippen LogP contribution in [0.15, 0.2) is 29.1 Å². The number of amides is 1. The highest BCUT2D eigenvalue weighted by Gasteiger charge is 2.20. The number of carbonyl (C=O) groups is 1. The summed E-state index contributed by atoms with van der Waals surface area (Å²) in [5.41, 5.74) is 1.81. The van der Waals surface area contributed by atoms with Gasteiger partial charge in [-0.05, 0) is 25.0 Å². The minimum atomic E-state index is -0.0342. The number of imidazole rings is 1. The zero-order valence-corrected chi connectivity index (χ0v) is 13.0. The van der Waals surface area contributed by atoms with Crippen molar-refractivity contribution in [2.45, 2.75) is 38.6 Å². The molecule has 1 fully saturated rings. The molecule has 1 aliphatic rings. The highest BCUT2D eigenvalue weighted by molar-refractivity contribution is 5.78. The van der Waals surface area contributed by atoms with Crippen LogP contribution in [-0.4, -0.2) is 21.6 Å². The number of fused-ring (bicyclic) bond motifs is 1. The van der Waals surface area contributed by atoms with E-state index < -0.39 is 0 Å². The predicted octanol–water partition coefficient (Wildman–Crippen LogP) is 2.04. The van der Waals surface area contributed by atoms with E-state index in [4.69, 9.17) is 0 Å². The van der Waals surface area contributed by atoms with Crippen LogP contribution in [0.25, 0.3) is 11.0 Å². The van der Waals surface area contributed by atoms with Crippen molar-refractivity contribution in [3.63, 3.8) is 0 Å². The molecule has 3 rings (SSSR count). The van der Waals surface area contributed by atoms with E-state index in [1.165, 1.54) is 6.42 Å². The Morgan fingerprint density at radius 3 is 2.59 bits per heavy atom. The molecule has 1 amide bonds. The zero-order chi connectivity index (χ0) is 15.5. The summed E-state index contributed by atoms with van der Waals surface area (Å²) in [6.45, 7) is 1.02. The lowest BCUT2D eigenvalue weighted by Crippen LogP contribution is -2.35. The minimum absolute atomic E-state index is 0.0342. The van der Waals surface area contributed by atoms with Crippen LogP contribution < -0.4 is 11.0 Å². The molecule has 0 bridgehead atoms. The normalized spacial score (nSPS) is 16.0. The quantitative estimate of drug-likeness (QED) is 0.939. The largest absolute Gasteiger partial charge is 0.354 e. The second-order valence-electron chi connectivity index (χ2n) is 6.11. The van der Waals surface area contributed by atoms with Gasteiger partial charge in [-0.2, -0.15) is 0 Å². The van der Waals surface area contributed by atoms with Crippen LogP contribution in [-0.2, 0) is 18.4 Å². The molecule has 1 aliphatic carbocycles. The Kier molecular flexibility index (Phi) is 4.32. The fourth-order valence-corrected chi connectivity index (χ4v) is 3.38. The summed E-state index contributed by atoms with van der Waals surface area (Å²) in [5, 5.41) is 2.99. The molecule has 1 heterocycles. The van der Waals surface area contributed by atoms with Crippen LogP contribution in [0.2, 0.25) is 0 Å². The molecule has 0 aliphatic heterocycles. The molecule has 1 N–H and O–H groups in total. The highest BCUT2D eigenvalue weighted by Crippen LogP contribution is 2.23. The van der Waals surface area contributed by atoms with E-state index in [9.17, 15) is 9.59 Å². The molecule has 118 valence electrons. The van der Waals surface area contributed by atoms with Gasteiger partial charge in [0, 0.05) is 26.1 Å². The SMILES string of the molecule is Cn1c(=O)n(CCNC(=O)C2CCCCC2)c2ccccc21. The number of aromatic nitrogens is 2. The predicted molar refractivity (Wildman–Crippen MR) is 86.8 cm³/mol. The van der Waals surface area contributed by atoms with Crippen molar-refractivity contribution in [1.29, 1.82) is 0 Å². The third-order valence-electron chi connectivity index (χ3n) is 4.66. The van der Waals surface area contributed by atoms with Gasteiger partial charge >= 0.3 is 5.69 Å². The molecular weight excluding hydrogens is 278 g/mol. The lowest BCUT2D eigenvalue weighted by molar-refractivity contribution is -0.125. The Morgan fingerprint density at radius 2 is 1.86 bits per heavy atom. The number of nitrogens with one attached hydrogen (secondary N) is 1. The number of benzene rings is 1. The average Bonchev–Trinajstić information content (AvgIpc) is 2.81. The summed E-state index contributed by atoms with van der Waals surface area (Å²) in [4.78, 5) is 24.4. The maximum atomic E-state index is 12.3.